The summed E-state index contributed by atoms with van der Waals surface area (Å²) in [5, 5.41) is 27.8. The number of thiazole rings is 1. The molecule has 4 aromatic rings. The molecule has 32 heavy (non-hydrogen) atoms. The van der Waals surface area contributed by atoms with Gasteiger partial charge in [-0.25, -0.2) is 4.68 Å². The summed E-state index contributed by atoms with van der Waals surface area (Å²) in [6.45, 7) is 0.547. The van der Waals surface area contributed by atoms with Crippen molar-refractivity contribution in [1.29, 1.82) is 0 Å². The lowest BCUT2D eigenvalue weighted by atomic mass is 10.2. The van der Waals surface area contributed by atoms with Gasteiger partial charge in [0.15, 0.2) is 5.76 Å². The minimum Gasteiger partial charge on any atom is -0.502 e. The largest absolute Gasteiger partial charge is 0.502 e. The SMILES string of the molecule is O=[N+]([O-])c1cc(Cl)cc(C=Nn2c(-c3ccco3)csc2=NCCc2ccccc2)c1O. The summed E-state index contributed by atoms with van der Waals surface area (Å²) in [5.41, 5.74) is 1.45. The highest BCUT2D eigenvalue weighted by molar-refractivity contribution is 7.07. The van der Waals surface area contributed by atoms with Crippen LogP contribution in [0.5, 0.6) is 5.75 Å². The fraction of sp³-hybridized carbons (Fsp3) is 0.0909. The van der Waals surface area contributed by atoms with E-state index in [0.29, 0.717) is 22.8 Å². The molecule has 0 aliphatic heterocycles. The summed E-state index contributed by atoms with van der Waals surface area (Å²) in [7, 11) is 0. The van der Waals surface area contributed by atoms with Crippen molar-refractivity contribution >= 4 is 34.8 Å². The maximum atomic E-state index is 11.2. The molecule has 2 aromatic carbocycles. The van der Waals surface area contributed by atoms with E-state index in [2.05, 4.69) is 10.1 Å². The van der Waals surface area contributed by atoms with Crippen molar-refractivity contribution in [3.8, 4) is 17.2 Å². The molecular weight excluding hydrogens is 452 g/mol. The average molecular weight is 469 g/mol. The molecule has 0 atom stereocenters. The number of rotatable bonds is 7. The van der Waals surface area contributed by atoms with Crippen molar-refractivity contribution in [2.45, 2.75) is 6.42 Å². The summed E-state index contributed by atoms with van der Waals surface area (Å²) >= 11 is 7.37. The number of nitro benzene ring substituents is 1. The van der Waals surface area contributed by atoms with Crippen LogP contribution in [0, 0.1) is 10.1 Å². The van der Waals surface area contributed by atoms with Crippen LogP contribution in [0.15, 0.2) is 80.8 Å². The molecule has 8 nitrogen and oxygen atoms in total. The molecule has 0 aliphatic carbocycles. The van der Waals surface area contributed by atoms with Crippen LogP contribution in [0.2, 0.25) is 5.02 Å². The molecule has 0 saturated carbocycles. The van der Waals surface area contributed by atoms with Crippen LogP contribution in [-0.2, 0) is 6.42 Å². The molecule has 162 valence electrons. The number of furan rings is 1. The summed E-state index contributed by atoms with van der Waals surface area (Å²) in [5.74, 6) is 0.0744. The van der Waals surface area contributed by atoms with E-state index in [-0.39, 0.29) is 10.6 Å². The fourth-order valence-electron chi connectivity index (χ4n) is 3.00. The van der Waals surface area contributed by atoms with Gasteiger partial charge in [0, 0.05) is 28.6 Å². The maximum absolute atomic E-state index is 11.2. The van der Waals surface area contributed by atoms with Gasteiger partial charge in [0.25, 0.3) is 0 Å². The number of benzene rings is 2. The van der Waals surface area contributed by atoms with Crippen molar-refractivity contribution in [3.05, 3.63) is 97.3 Å². The Morgan fingerprint density at radius 1 is 1.22 bits per heavy atom. The van der Waals surface area contributed by atoms with Crippen LogP contribution in [0.4, 0.5) is 5.69 Å². The number of phenolic OH excluding ortho intramolecular Hbond substituents is 1. The predicted molar refractivity (Wildman–Crippen MR) is 123 cm³/mol. The zero-order valence-electron chi connectivity index (χ0n) is 16.6. The first-order valence-electron chi connectivity index (χ1n) is 9.53. The molecule has 0 spiro atoms. The minimum atomic E-state index is -0.699. The van der Waals surface area contributed by atoms with Crippen LogP contribution >= 0.6 is 22.9 Å². The number of aromatic nitrogens is 1. The number of nitro groups is 1. The topological polar surface area (TPSA) is 106 Å². The molecule has 1 N–H and O–H groups in total. The minimum absolute atomic E-state index is 0.114. The van der Waals surface area contributed by atoms with Gasteiger partial charge in [-0.1, -0.05) is 41.9 Å². The third-order valence-corrected chi connectivity index (χ3v) is 5.61. The van der Waals surface area contributed by atoms with Crippen molar-refractivity contribution in [2.24, 2.45) is 10.1 Å². The van der Waals surface area contributed by atoms with Gasteiger partial charge in [-0.2, -0.15) is 5.10 Å². The Kier molecular flexibility index (Phi) is 6.48. The van der Waals surface area contributed by atoms with Crippen molar-refractivity contribution in [3.63, 3.8) is 0 Å². The van der Waals surface area contributed by atoms with Gasteiger partial charge in [0.2, 0.25) is 10.6 Å². The van der Waals surface area contributed by atoms with Crippen LogP contribution in [0.3, 0.4) is 0 Å². The van der Waals surface area contributed by atoms with E-state index in [4.69, 9.17) is 16.0 Å². The molecule has 0 bridgehead atoms. The zero-order valence-corrected chi connectivity index (χ0v) is 18.2. The number of nitrogens with zero attached hydrogens (tertiary/aromatic N) is 4. The van der Waals surface area contributed by atoms with E-state index in [0.717, 1.165) is 12.5 Å². The third-order valence-electron chi connectivity index (χ3n) is 4.54. The number of phenols is 1. The Bertz CT molecular complexity index is 1330. The van der Waals surface area contributed by atoms with Crippen molar-refractivity contribution in [2.75, 3.05) is 6.54 Å². The predicted octanol–water partition coefficient (Wildman–Crippen LogP) is 5.10. The summed E-state index contributed by atoms with van der Waals surface area (Å²) < 4.78 is 7.07. The molecule has 0 unspecified atom stereocenters. The second-order valence-corrected chi connectivity index (χ2v) is 7.95. The molecular formula is C22H17ClN4O4S. The zero-order chi connectivity index (χ0) is 22.5. The van der Waals surface area contributed by atoms with Gasteiger partial charge in [-0.3, -0.25) is 15.1 Å². The van der Waals surface area contributed by atoms with Gasteiger partial charge < -0.3 is 9.52 Å². The van der Waals surface area contributed by atoms with Crippen LogP contribution in [-0.4, -0.2) is 27.5 Å². The first-order chi connectivity index (χ1) is 15.5. The highest BCUT2D eigenvalue weighted by Gasteiger charge is 2.18. The first-order valence-corrected chi connectivity index (χ1v) is 10.8. The Hall–Kier alpha value is -3.69. The van der Waals surface area contributed by atoms with Gasteiger partial charge in [-0.05, 0) is 30.2 Å². The lowest BCUT2D eigenvalue weighted by molar-refractivity contribution is -0.385. The Morgan fingerprint density at radius 2 is 2.03 bits per heavy atom. The van der Waals surface area contributed by atoms with Crippen LogP contribution in [0.25, 0.3) is 11.5 Å². The van der Waals surface area contributed by atoms with Crippen LogP contribution < -0.4 is 4.80 Å². The number of halogens is 1. The fourth-order valence-corrected chi connectivity index (χ4v) is 4.07. The highest BCUT2D eigenvalue weighted by atomic mass is 35.5. The summed E-state index contributed by atoms with van der Waals surface area (Å²) in [6.07, 6.45) is 3.63. The molecule has 0 radical (unpaired) electrons. The van der Waals surface area contributed by atoms with E-state index in [1.165, 1.54) is 29.2 Å². The lowest BCUT2D eigenvalue weighted by Crippen LogP contribution is -2.13. The lowest BCUT2D eigenvalue weighted by Gasteiger charge is -2.03. The molecule has 2 aromatic heterocycles. The van der Waals surface area contributed by atoms with Gasteiger partial charge in [0.1, 0.15) is 5.69 Å². The van der Waals surface area contributed by atoms with E-state index in [1.54, 1.807) is 23.1 Å². The molecule has 10 heteroatoms. The monoisotopic (exact) mass is 468 g/mol. The van der Waals surface area contributed by atoms with Crippen LogP contribution in [0.1, 0.15) is 11.1 Å². The molecule has 0 amide bonds. The Labute approximate surface area is 191 Å². The van der Waals surface area contributed by atoms with Gasteiger partial charge in [-0.15, -0.1) is 11.3 Å². The van der Waals surface area contributed by atoms with Gasteiger partial charge >= 0.3 is 5.69 Å². The number of hydrogen-bond donors (Lipinski definition) is 1. The standard InChI is InChI=1S/C22H17ClN4O4S/c23-17-11-16(21(28)18(12-17)27(29)30)13-25-26-19(20-7-4-10-31-20)14-32-22(26)24-9-8-15-5-2-1-3-6-15/h1-7,10-14,28H,8-9H2. The number of aromatic hydroxyl groups is 1. The Morgan fingerprint density at radius 3 is 2.75 bits per heavy atom. The van der Waals surface area contributed by atoms with E-state index in [1.807, 2.05) is 35.7 Å². The van der Waals surface area contributed by atoms with Gasteiger partial charge in [0.05, 0.1) is 17.4 Å². The molecule has 0 aliphatic rings. The number of hydrogen-bond acceptors (Lipinski definition) is 7. The summed E-state index contributed by atoms with van der Waals surface area (Å²) in [6, 6.07) is 16.1. The third kappa shape index (κ3) is 4.79. The highest BCUT2D eigenvalue weighted by Crippen LogP contribution is 2.32. The van der Waals surface area contributed by atoms with E-state index < -0.39 is 16.4 Å². The molecule has 4 rings (SSSR count). The van der Waals surface area contributed by atoms with E-state index >= 15 is 0 Å². The smallest absolute Gasteiger partial charge is 0.312 e. The molecule has 0 saturated heterocycles. The van der Waals surface area contributed by atoms with Crippen molar-refractivity contribution < 1.29 is 14.4 Å². The van der Waals surface area contributed by atoms with Crippen molar-refractivity contribution in [1.82, 2.24) is 4.68 Å². The first kappa shape index (κ1) is 21.5. The normalized spacial score (nSPS) is 12.0. The molecule has 2 heterocycles. The Balaban J connectivity index is 1.71. The maximum Gasteiger partial charge on any atom is 0.312 e. The van der Waals surface area contributed by atoms with E-state index in [9.17, 15) is 15.2 Å². The second kappa shape index (κ2) is 9.63. The average Bonchev–Trinajstić information content (AvgIpc) is 3.44. The summed E-state index contributed by atoms with van der Waals surface area (Å²) in [4.78, 5) is 15.7. The molecule has 0 fully saturated rings. The second-order valence-electron chi connectivity index (χ2n) is 6.67. The quantitative estimate of drug-likeness (QED) is 0.231.